The molecule has 1 aromatic carbocycles. The molecule has 0 atom stereocenters. The molecule has 0 N–H and O–H groups in total. The number of carbonyl (C=O) groups excluding carboxylic acids is 2. The van der Waals surface area contributed by atoms with Crippen LogP contribution in [0.15, 0.2) is 24.3 Å². The summed E-state index contributed by atoms with van der Waals surface area (Å²) >= 11 is 0. The van der Waals surface area contributed by atoms with Gasteiger partial charge in [-0.2, -0.15) is 0 Å². The molecule has 2 rings (SSSR count). The number of rotatable bonds is 2. The maximum absolute atomic E-state index is 11.7. The second-order valence-electron chi connectivity index (χ2n) is 4.28. The highest BCUT2D eigenvalue weighted by molar-refractivity contribution is 6.28. The zero-order chi connectivity index (χ0) is 12.6. The quantitative estimate of drug-likeness (QED) is 0.730. The van der Waals surface area contributed by atoms with Crippen molar-refractivity contribution >= 4 is 17.5 Å². The van der Waals surface area contributed by atoms with Gasteiger partial charge in [-0.15, -0.1) is 0 Å². The maximum Gasteiger partial charge on any atom is 0.258 e. The van der Waals surface area contributed by atoms with Gasteiger partial charge in [-0.1, -0.05) is 19.1 Å². The minimum absolute atomic E-state index is 0.259. The van der Waals surface area contributed by atoms with E-state index in [1.807, 2.05) is 26.0 Å². The number of hydrogen-bond donors (Lipinski definition) is 0. The summed E-state index contributed by atoms with van der Waals surface area (Å²) in [4.78, 5) is 24.6. The molecule has 0 saturated heterocycles. The zero-order valence-corrected chi connectivity index (χ0v) is 10.3. The highest BCUT2D eigenvalue weighted by Crippen LogP contribution is 2.28. The molecule has 0 radical (unpaired) electrons. The van der Waals surface area contributed by atoms with Gasteiger partial charge in [0.2, 0.25) is 0 Å². The van der Waals surface area contributed by atoms with E-state index in [4.69, 9.17) is 0 Å². The Hall–Kier alpha value is -1.90. The third kappa shape index (κ3) is 1.88. The van der Waals surface area contributed by atoms with Crippen LogP contribution in [0.2, 0.25) is 0 Å². The van der Waals surface area contributed by atoms with E-state index in [1.54, 1.807) is 0 Å². The molecule has 0 bridgehead atoms. The van der Waals surface area contributed by atoms with Gasteiger partial charge in [0.1, 0.15) is 0 Å². The van der Waals surface area contributed by atoms with Gasteiger partial charge in [0.25, 0.3) is 11.8 Å². The lowest BCUT2D eigenvalue weighted by atomic mass is 10.0. The van der Waals surface area contributed by atoms with Gasteiger partial charge in [0.05, 0.1) is 5.69 Å². The molecule has 1 heterocycles. The highest BCUT2D eigenvalue weighted by atomic mass is 16.2. The molecule has 1 aliphatic heterocycles. The van der Waals surface area contributed by atoms with Crippen molar-refractivity contribution in [3.63, 3.8) is 0 Å². The predicted octanol–water partition coefficient (Wildman–Crippen LogP) is 2.30. The van der Waals surface area contributed by atoms with Crippen LogP contribution < -0.4 is 4.90 Å². The smallest absolute Gasteiger partial charge is 0.258 e. The fourth-order valence-corrected chi connectivity index (χ4v) is 2.22. The minimum Gasteiger partial charge on any atom is -0.269 e. The van der Waals surface area contributed by atoms with Crippen molar-refractivity contribution in [1.29, 1.82) is 0 Å². The van der Waals surface area contributed by atoms with Crippen molar-refractivity contribution in [2.75, 3.05) is 4.90 Å². The summed E-state index contributed by atoms with van der Waals surface area (Å²) in [5.41, 5.74) is 3.87. The lowest BCUT2D eigenvalue weighted by molar-refractivity contribution is -0.120. The van der Waals surface area contributed by atoms with E-state index >= 15 is 0 Å². The number of benzene rings is 1. The molecule has 0 fully saturated rings. The van der Waals surface area contributed by atoms with Crippen molar-refractivity contribution in [2.45, 2.75) is 27.2 Å². The number of hydrogen-bond acceptors (Lipinski definition) is 2. The number of aryl methyl sites for hydroxylation is 3. The summed E-state index contributed by atoms with van der Waals surface area (Å²) in [6, 6.07) is 4.06. The third-order valence-corrected chi connectivity index (χ3v) is 2.99. The van der Waals surface area contributed by atoms with E-state index in [0.29, 0.717) is 0 Å². The molecular weight excluding hydrogens is 214 g/mol. The predicted molar refractivity (Wildman–Crippen MR) is 66.9 cm³/mol. The second-order valence-corrected chi connectivity index (χ2v) is 4.28. The molecule has 0 aromatic heterocycles. The van der Waals surface area contributed by atoms with Crippen LogP contribution in [-0.4, -0.2) is 11.8 Å². The van der Waals surface area contributed by atoms with Crippen LogP contribution in [-0.2, 0) is 16.0 Å². The van der Waals surface area contributed by atoms with Crippen molar-refractivity contribution in [3.05, 3.63) is 41.0 Å². The van der Waals surface area contributed by atoms with Crippen LogP contribution in [0, 0.1) is 13.8 Å². The van der Waals surface area contributed by atoms with E-state index < -0.39 is 0 Å². The zero-order valence-electron chi connectivity index (χ0n) is 10.3. The molecule has 17 heavy (non-hydrogen) atoms. The Bertz CT molecular complexity index is 488. The normalized spacial score (nSPS) is 14.9. The van der Waals surface area contributed by atoms with E-state index in [1.165, 1.54) is 22.6 Å². The molecule has 88 valence electrons. The molecule has 3 nitrogen and oxygen atoms in total. The summed E-state index contributed by atoms with van der Waals surface area (Å²) in [7, 11) is 0. The third-order valence-electron chi connectivity index (χ3n) is 2.99. The first-order chi connectivity index (χ1) is 8.04. The van der Waals surface area contributed by atoms with Crippen LogP contribution in [0.4, 0.5) is 5.69 Å². The van der Waals surface area contributed by atoms with Crippen LogP contribution in [0.25, 0.3) is 0 Å². The molecule has 0 saturated carbocycles. The average Bonchev–Trinajstić information content (AvgIpc) is 2.59. The van der Waals surface area contributed by atoms with Crippen molar-refractivity contribution in [1.82, 2.24) is 0 Å². The van der Waals surface area contributed by atoms with Gasteiger partial charge in [-0.3, -0.25) is 9.59 Å². The lowest BCUT2D eigenvalue weighted by Gasteiger charge is -2.20. The van der Waals surface area contributed by atoms with E-state index in [-0.39, 0.29) is 11.8 Å². The van der Waals surface area contributed by atoms with Crippen LogP contribution in [0.1, 0.15) is 23.6 Å². The average molecular weight is 229 g/mol. The van der Waals surface area contributed by atoms with Gasteiger partial charge in [0, 0.05) is 12.2 Å². The standard InChI is InChI=1S/C14H15NO2/c1-4-11-7-9(2)14(10(3)8-11)15-12(16)5-6-13(15)17/h5-8H,4H2,1-3H3. The Labute approximate surface area is 101 Å². The summed E-state index contributed by atoms with van der Waals surface area (Å²) in [5, 5.41) is 0. The van der Waals surface area contributed by atoms with Gasteiger partial charge < -0.3 is 0 Å². The first-order valence-electron chi connectivity index (χ1n) is 5.71. The summed E-state index contributed by atoms with van der Waals surface area (Å²) in [5.74, 6) is -0.518. The van der Waals surface area contributed by atoms with Crippen LogP contribution in [0.3, 0.4) is 0 Å². The number of nitrogens with zero attached hydrogens (tertiary/aromatic N) is 1. The fourth-order valence-electron chi connectivity index (χ4n) is 2.22. The summed E-state index contributed by atoms with van der Waals surface area (Å²) in [6.07, 6.45) is 3.58. The first-order valence-corrected chi connectivity index (χ1v) is 5.71. The molecule has 1 aromatic rings. The molecule has 3 heteroatoms. The molecular formula is C14H15NO2. The largest absolute Gasteiger partial charge is 0.269 e. The Morgan fingerprint density at radius 2 is 1.47 bits per heavy atom. The Morgan fingerprint density at radius 1 is 1.00 bits per heavy atom. The molecule has 0 spiro atoms. The Balaban J connectivity index is 2.53. The van der Waals surface area contributed by atoms with Gasteiger partial charge in [-0.25, -0.2) is 4.90 Å². The number of amides is 2. The number of imide groups is 1. The van der Waals surface area contributed by atoms with E-state index in [9.17, 15) is 9.59 Å². The SMILES string of the molecule is CCc1cc(C)c(N2C(=O)C=CC2=O)c(C)c1. The van der Waals surface area contributed by atoms with E-state index in [2.05, 4.69) is 6.92 Å². The Kier molecular flexibility index (Phi) is 2.84. The van der Waals surface area contributed by atoms with Crippen molar-refractivity contribution < 1.29 is 9.59 Å². The van der Waals surface area contributed by atoms with Gasteiger partial charge >= 0.3 is 0 Å². The Morgan fingerprint density at radius 3 is 1.88 bits per heavy atom. The van der Waals surface area contributed by atoms with E-state index in [0.717, 1.165) is 23.2 Å². The monoisotopic (exact) mass is 229 g/mol. The molecule has 2 amide bonds. The second kappa shape index (κ2) is 4.17. The lowest BCUT2D eigenvalue weighted by Crippen LogP contribution is -2.31. The summed E-state index contributed by atoms with van der Waals surface area (Å²) in [6.45, 7) is 5.95. The van der Waals surface area contributed by atoms with Crippen LogP contribution >= 0.6 is 0 Å². The highest BCUT2D eigenvalue weighted by Gasteiger charge is 2.27. The van der Waals surface area contributed by atoms with Gasteiger partial charge in [0.15, 0.2) is 0 Å². The summed E-state index contributed by atoms with van der Waals surface area (Å²) < 4.78 is 0. The van der Waals surface area contributed by atoms with Crippen LogP contribution in [0.5, 0.6) is 0 Å². The molecule has 1 aliphatic rings. The van der Waals surface area contributed by atoms with Gasteiger partial charge in [-0.05, 0) is 37.0 Å². The fraction of sp³-hybridized carbons (Fsp3) is 0.286. The topological polar surface area (TPSA) is 37.4 Å². The first kappa shape index (κ1) is 11.6. The molecule has 0 unspecified atom stereocenters. The number of anilines is 1. The minimum atomic E-state index is -0.259. The van der Waals surface area contributed by atoms with Crippen molar-refractivity contribution in [2.24, 2.45) is 0 Å². The maximum atomic E-state index is 11.7. The number of carbonyl (C=O) groups is 2. The molecule has 0 aliphatic carbocycles. The van der Waals surface area contributed by atoms with Crippen molar-refractivity contribution in [3.8, 4) is 0 Å².